The van der Waals surface area contributed by atoms with Crippen LogP contribution in [-0.4, -0.2) is 23.4 Å². The Morgan fingerprint density at radius 2 is 1.67 bits per heavy atom. The summed E-state index contributed by atoms with van der Waals surface area (Å²) in [7, 11) is 0. The van der Waals surface area contributed by atoms with Crippen molar-refractivity contribution in [1.82, 2.24) is 4.48 Å². The lowest BCUT2D eigenvalue weighted by Crippen LogP contribution is -2.66. The van der Waals surface area contributed by atoms with E-state index < -0.39 is 0 Å². The first-order valence-electron chi connectivity index (χ1n) is 11.0. The Labute approximate surface area is 173 Å². The smallest absolute Gasteiger partial charge is 0.206 e. The Morgan fingerprint density at radius 3 is 2.22 bits per heavy atom. The van der Waals surface area contributed by atoms with Crippen LogP contribution in [-0.2, 0) is 0 Å². The van der Waals surface area contributed by atoms with Gasteiger partial charge in [0.2, 0.25) is 4.71 Å². The predicted molar refractivity (Wildman–Crippen MR) is 119 cm³/mol. The van der Waals surface area contributed by atoms with Crippen LogP contribution in [0.3, 0.4) is 0 Å². The molecule has 1 aromatic rings. The van der Waals surface area contributed by atoms with Gasteiger partial charge in [0.25, 0.3) is 0 Å². The van der Waals surface area contributed by atoms with Crippen molar-refractivity contribution in [2.75, 3.05) is 6.61 Å². The van der Waals surface area contributed by atoms with Gasteiger partial charge in [-0.15, -0.1) is 0 Å². The number of nitrogens with zero attached hydrogens (tertiary/aromatic N) is 1. The number of para-hydroxylation sites is 1. The Hall–Kier alpha value is -0.360. The van der Waals surface area contributed by atoms with Gasteiger partial charge in [-0.3, -0.25) is 9.62 Å². The maximum absolute atomic E-state index is 6.39. The number of quaternary nitrogens is 1. The van der Waals surface area contributed by atoms with E-state index in [0.717, 1.165) is 23.3 Å². The molecule has 4 rings (SSSR count). The molecule has 1 aromatic carbocycles. The van der Waals surface area contributed by atoms with Crippen LogP contribution in [0.15, 0.2) is 23.1 Å². The Bertz CT molecular complexity index is 609. The molecule has 2 N–H and O–H groups in total. The monoisotopic (exact) mass is 407 g/mol. The van der Waals surface area contributed by atoms with E-state index in [0.29, 0.717) is 16.8 Å². The number of hydrogen-bond acceptors (Lipinski definition) is 4. The van der Waals surface area contributed by atoms with E-state index in [2.05, 4.69) is 25.1 Å². The van der Waals surface area contributed by atoms with Crippen LogP contribution < -0.4 is 14.4 Å². The molecule has 0 radical (unpaired) electrons. The molecular weight excluding hydrogens is 372 g/mol. The van der Waals surface area contributed by atoms with Gasteiger partial charge in [0.15, 0.2) is 11.4 Å². The molecular formula is C22H35N2OS2+. The number of hydrogen-bond donors (Lipinski definition) is 1. The second-order valence-electron chi connectivity index (χ2n) is 8.43. The van der Waals surface area contributed by atoms with E-state index in [1.807, 2.05) is 11.8 Å². The molecule has 27 heavy (non-hydrogen) atoms. The number of thioether (sulfide) groups is 1. The highest BCUT2D eigenvalue weighted by Gasteiger charge is 2.58. The first-order valence-corrected chi connectivity index (χ1v) is 12.8. The van der Waals surface area contributed by atoms with Crippen LogP contribution in [0.5, 0.6) is 5.75 Å². The van der Waals surface area contributed by atoms with Gasteiger partial charge in [-0.1, -0.05) is 25.8 Å². The van der Waals surface area contributed by atoms with Crippen molar-refractivity contribution < 1.29 is 4.74 Å². The molecule has 1 aliphatic heterocycles. The molecule has 3 aliphatic rings. The highest BCUT2D eigenvalue weighted by Crippen LogP contribution is 2.60. The molecule has 0 spiro atoms. The molecule has 5 heteroatoms. The summed E-state index contributed by atoms with van der Waals surface area (Å²) < 4.78 is 7.82. The lowest BCUT2D eigenvalue weighted by Gasteiger charge is -2.52. The number of fused-ring (bicyclic) bond motifs is 1. The van der Waals surface area contributed by atoms with Crippen LogP contribution in [0.4, 0.5) is 5.69 Å². The average Bonchev–Trinajstić information content (AvgIpc) is 3.09. The summed E-state index contributed by atoms with van der Waals surface area (Å²) in [6, 6.07) is 8.10. The molecule has 2 saturated carbocycles. The number of ether oxygens (including phenoxy) is 1. The minimum absolute atomic E-state index is 0.373. The quantitative estimate of drug-likeness (QED) is 0.434. The SMILES string of the molecule is CCCOc1cccc2c1[N+](C1CCCCC1)(C1CCCCC1)C(SN)S2. The average molecular weight is 408 g/mol. The minimum atomic E-state index is 0.373. The first-order chi connectivity index (χ1) is 13.3. The van der Waals surface area contributed by atoms with Crippen molar-refractivity contribution >= 4 is 29.4 Å². The summed E-state index contributed by atoms with van der Waals surface area (Å²) in [6.45, 7) is 3.00. The third-order valence-electron chi connectivity index (χ3n) is 6.86. The fourth-order valence-corrected chi connectivity index (χ4v) is 8.31. The van der Waals surface area contributed by atoms with Crippen molar-refractivity contribution in [2.24, 2.45) is 5.14 Å². The van der Waals surface area contributed by atoms with Crippen molar-refractivity contribution in [3.8, 4) is 5.75 Å². The maximum Gasteiger partial charge on any atom is 0.206 e. The van der Waals surface area contributed by atoms with Crippen molar-refractivity contribution in [3.05, 3.63) is 18.2 Å². The lowest BCUT2D eigenvalue weighted by atomic mass is 9.85. The summed E-state index contributed by atoms with van der Waals surface area (Å²) in [6.07, 6.45) is 14.7. The van der Waals surface area contributed by atoms with Gasteiger partial charge in [0, 0.05) is 0 Å². The van der Waals surface area contributed by atoms with Crippen molar-refractivity contribution in [2.45, 2.75) is 99.2 Å². The Balaban J connectivity index is 1.85. The van der Waals surface area contributed by atoms with E-state index in [-0.39, 0.29) is 0 Å². The fourth-order valence-electron chi connectivity index (χ4n) is 5.76. The van der Waals surface area contributed by atoms with E-state index in [4.69, 9.17) is 9.88 Å². The lowest BCUT2D eigenvalue weighted by molar-refractivity contribution is 0.0963. The van der Waals surface area contributed by atoms with Crippen LogP contribution >= 0.6 is 23.7 Å². The van der Waals surface area contributed by atoms with Gasteiger partial charge in [-0.2, -0.15) is 0 Å². The number of benzene rings is 1. The van der Waals surface area contributed by atoms with Gasteiger partial charge < -0.3 is 4.74 Å². The maximum atomic E-state index is 6.39. The zero-order valence-electron chi connectivity index (χ0n) is 16.7. The standard InChI is InChI=1S/C22H35N2OS2/c1-2-16-25-19-14-9-15-20-21(19)24(22(26-20)27-23,17-10-5-3-6-11-17)18-12-7-4-8-13-18/h9,14-15,17-18,22H,2-8,10-13,16,23H2,1H3/q+1. The van der Waals surface area contributed by atoms with Crippen molar-refractivity contribution in [1.29, 1.82) is 0 Å². The zero-order chi connectivity index (χ0) is 18.7. The van der Waals surface area contributed by atoms with E-state index in [1.165, 1.54) is 74.8 Å². The van der Waals surface area contributed by atoms with Crippen LogP contribution in [0.25, 0.3) is 0 Å². The topological polar surface area (TPSA) is 35.2 Å². The Kier molecular flexibility index (Phi) is 6.63. The molecule has 0 amide bonds. The molecule has 1 atom stereocenters. The fraction of sp³-hybridized carbons (Fsp3) is 0.727. The van der Waals surface area contributed by atoms with Crippen LogP contribution in [0.2, 0.25) is 0 Å². The largest absolute Gasteiger partial charge is 0.487 e. The van der Waals surface area contributed by atoms with Gasteiger partial charge in [-0.25, -0.2) is 0 Å². The third kappa shape index (κ3) is 3.54. The molecule has 1 unspecified atom stereocenters. The van der Waals surface area contributed by atoms with E-state index >= 15 is 0 Å². The van der Waals surface area contributed by atoms with Crippen molar-refractivity contribution in [3.63, 3.8) is 0 Å². The van der Waals surface area contributed by atoms with Crippen LogP contribution in [0, 0.1) is 0 Å². The molecule has 150 valence electrons. The molecule has 0 bridgehead atoms. The molecule has 0 saturated heterocycles. The van der Waals surface area contributed by atoms with E-state index in [1.54, 1.807) is 11.9 Å². The van der Waals surface area contributed by atoms with E-state index in [9.17, 15) is 0 Å². The summed E-state index contributed by atoms with van der Waals surface area (Å²) in [5, 5.41) is 6.39. The second-order valence-corrected chi connectivity index (χ2v) is 10.6. The number of rotatable bonds is 6. The molecule has 3 nitrogen and oxygen atoms in total. The van der Waals surface area contributed by atoms with Gasteiger partial charge in [0.1, 0.15) is 0 Å². The molecule has 2 aliphatic carbocycles. The summed E-state index contributed by atoms with van der Waals surface area (Å²) in [5.41, 5.74) is 1.48. The van der Waals surface area contributed by atoms with Gasteiger partial charge in [-0.05, 0) is 93.6 Å². The van der Waals surface area contributed by atoms with Crippen LogP contribution in [0.1, 0.15) is 77.6 Å². The highest BCUT2D eigenvalue weighted by molar-refractivity contribution is 8.16. The first kappa shape index (κ1) is 19.9. The summed E-state index contributed by atoms with van der Waals surface area (Å²) in [4.78, 5) is 1.42. The highest BCUT2D eigenvalue weighted by atomic mass is 32.2. The molecule has 2 fully saturated rings. The van der Waals surface area contributed by atoms with Gasteiger partial charge in [0.05, 0.1) is 23.6 Å². The second kappa shape index (κ2) is 8.98. The zero-order valence-corrected chi connectivity index (χ0v) is 18.3. The minimum Gasteiger partial charge on any atom is -0.487 e. The molecule has 1 heterocycles. The predicted octanol–water partition coefficient (Wildman–Crippen LogP) is 6.44. The molecule has 0 aromatic heterocycles. The number of nitrogens with two attached hydrogens (primary N) is 1. The Morgan fingerprint density at radius 1 is 1.04 bits per heavy atom. The normalized spacial score (nSPS) is 26.1. The third-order valence-corrected chi connectivity index (χ3v) is 9.20. The van der Waals surface area contributed by atoms with Gasteiger partial charge >= 0.3 is 0 Å². The summed E-state index contributed by atoms with van der Waals surface area (Å²) >= 11 is 3.60. The summed E-state index contributed by atoms with van der Waals surface area (Å²) in [5.74, 6) is 1.13.